The van der Waals surface area contributed by atoms with Crippen LogP contribution in [-0.2, 0) is 0 Å². The lowest BCUT2D eigenvalue weighted by Gasteiger charge is -2.33. The number of likely N-dealkylation sites (tertiary alicyclic amines) is 1. The fourth-order valence-electron chi connectivity index (χ4n) is 3.66. The van der Waals surface area contributed by atoms with Crippen LogP contribution in [0.25, 0.3) is 0 Å². The van der Waals surface area contributed by atoms with E-state index >= 15 is 0 Å². The van der Waals surface area contributed by atoms with Gasteiger partial charge in [0.1, 0.15) is 0 Å². The average Bonchev–Trinajstić information content (AvgIpc) is 2.53. The van der Waals surface area contributed by atoms with Crippen LogP contribution < -0.4 is 10.6 Å². The van der Waals surface area contributed by atoms with Gasteiger partial charge in [-0.3, -0.25) is 0 Å². The molecular formula is C17H33N3O2. The summed E-state index contributed by atoms with van der Waals surface area (Å²) >= 11 is 0. The number of carbonyl (C=O) groups excluding carboxylic acids is 1. The molecule has 0 atom stereocenters. The highest BCUT2D eigenvalue weighted by atomic mass is 16.3. The summed E-state index contributed by atoms with van der Waals surface area (Å²) in [6.07, 6.45) is 8.51. The molecule has 0 radical (unpaired) electrons. The molecule has 5 heteroatoms. The first kappa shape index (κ1) is 17.5. The first-order chi connectivity index (χ1) is 10.6. The Morgan fingerprint density at radius 1 is 1.18 bits per heavy atom. The van der Waals surface area contributed by atoms with E-state index in [1.807, 2.05) is 0 Å². The van der Waals surface area contributed by atoms with Crippen LogP contribution in [0.15, 0.2) is 0 Å². The van der Waals surface area contributed by atoms with Gasteiger partial charge in [0.05, 0.1) is 5.60 Å². The second-order valence-corrected chi connectivity index (χ2v) is 7.13. The van der Waals surface area contributed by atoms with Crippen LogP contribution in [0.1, 0.15) is 58.3 Å². The Hall–Kier alpha value is -0.810. The van der Waals surface area contributed by atoms with Gasteiger partial charge in [-0.05, 0) is 57.7 Å². The zero-order valence-corrected chi connectivity index (χ0v) is 14.1. The lowest BCUT2D eigenvalue weighted by atomic mass is 9.85. The van der Waals surface area contributed by atoms with Gasteiger partial charge in [0.15, 0.2) is 0 Å². The van der Waals surface area contributed by atoms with E-state index in [-0.39, 0.29) is 6.03 Å². The number of urea groups is 1. The molecule has 0 aromatic heterocycles. The predicted molar refractivity (Wildman–Crippen MR) is 88.9 cm³/mol. The van der Waals surface area contributed by atoms with Gasteiger partial charge in [-0.25, -0.2) is 4.79 Å². The standard InChI is InChI=1S/C17H33N3O2/c1-2-10-20-11-6-15(7-12-20)13-18-16(21)19-14-17(22)8-4-3-5-9-17/h15,22H,2-14H2,1H3,(H2,18,19,21). The Morgan fingerprint density at radius 2 is 1.86 bits per heavy atom. The molecule has 1 aliphatic carbocycles. The molecule has 1 aliphatic heterocycles. The maximum Gasteiger partial charge on any atom is 0.314 e. The van der Waals surface area contributed by atoms with Crippen molar-refractivity contribution < 1.29 is 9.90 Å². The molecule has 0 aromatic carbocycles. The topological polar surface area (TPSA) is 64.6 Å². The Morgan fingerprint density at radius 3 is 2.50 bits per heavy atom. The van der Waals surface area contributed by atoms with Crippen molar-refractivity contribution in [1.29, 1.82) is 0 Å². The monoisotopic (exact) mass is 311 g/mol. The summed E-state index contributed by atoms with van der Waals surface area (Å²) in [4.78, 5) is 14.4. The molecule has 1 heterocycles. The van der Waals surface area contributed by atoms with Crippen molar-refractivity contribution in [2.75, 3.05) is 32.7 Å². The summed E-state index contributed by atoms with van der Waals surface area (Å²) in [5.74, 6) is 0.594. The molecule has 2 amide bonds. The Labute approximate surface area is 134 Å². The largest absolute Gasteiger partial charge is 0.388 e. The quantitative estimate of drug-likeness (QED) is 0.704. The van der Waals surface area contributed by atoms with Gasteiger partial charge >= 0.3 is 6.03 Å². The smallest absolute Gasteiger partial charge is 0.314 e. The van der Waals surface area contributed by atoms with Gasteiger partial charge < -0.3 is 20.6 Å². The summed E-state index contributed by atoms with van der Waals surface area (Å²) in [6, 6.07) is -0.130. The number of aliphatic hydroxyl groups is 1. The second kappa shape index (κ2) is 8.73. The summed E-state index contributed by atoms with van der Waals surface area (Å²) in [6.45, 7) is 6.86. The molecule has 0 bridgehead atoms. The number of carbonyl (C=O) groups is 1. The van der Waals surface area contributed by atoms with Crippen LogP contribution in [-0.4, -0.2) is 54.4 Å². The van der Waals surface area contributed by atoms with Crippen molar-refractivity contribution in [3.63, 3.8) is 0 Å². The number of hydrogen-bond acceptors (Lipinski definition) is 3. The number of nitrogens with one attached hydrogen (secondary N) is 2. The van der Waals surface area contributed by atoms with Crippen LogP contribution in [0.4, 0.5) is 4.79 Å². The highest BCUT2D eigenvalue weighted by Gasteiger charge is 2.29. The second-order valence-electron chi connectivity index (χ2n) is 7.13. The number of hydrogen-bond donors (Lipinski definition) is 3. The fraction of sp³-hybridized carbons (Fsp3) is 0.941. The molecule has 1 saturated carbocycles. The predicted octanol–water partition coefficient (Wildman–Crippen LogP) is 2.10. The van der Waals surface area contributed by atoms with Gasteiger partial charge in [0.2, 0.25) is 0 Å². The highest BCUT2D eigenvalue weighted by Crippen LogP contribution is 2.27. The SMILES string of the molecule is CCCN1CCC(CNC(=O)NCC2(O)CCCCC2)CC1. The summed E-state index contributed by atoms with van der Waals surface area (Å²) in [7, 11) is 0. The van der Waals surface area contributed by atoms with Gasteiger partial charge in [-0.1, -0.05) is 26.2 Å². The van der Waals surface area contributed by atoms with Crippen LogP contribution in [0.3, 0.4) is 0 Å². The molecule has 0 aromatic rings. The third-order valence-electron chi connectivity index (χ3n) is 5.16. The summed E-state index contributed by atoms with van der Waals surface area (Å²) < 4.78 is 0. The van der Waals surface area contributed by atoms with E-state index in [4.69, 9.17) is 0 Å². The van der Waals surface area contributed by atoms with Crippen molar-refractivity contribution in [3.8, 4) is 0 Å². The maximum absolute atomic E-state index is 11.9. The first-order valence-corrected chi connectivity index (χ1v) is 9.08. The first-order valence-electron chi connectivity index (χ1n) is 9.08. The normalized spacial score (nSPS) is 23.2. The minimum absolute atomic E-state index is 0.130. The minimum Gasteiger partial charge on any atom is -0.388 e. The fourth-order valence-corrected chi connectivity index (χ4v) is 3.66. The van der Waals surface area contributed by atoms with Crippen molar-refractivity contribution >= 4 is 6.03 Å². The van der Waals surface area contributed by atoms with Crippen molar-refractivity contribution in [3.05, 3.63) is 0 Å². The number of amides is 2. The number of nitrogens with zero attached hydrogens (tertiary/aromatic N) is 1. The molecule has 128 valence electrons. The van der Waals surface area contributed by atoms with E-state index in [1.54, 1.807) is 0 Å². The van der Waals surface area contributed by atoms with Crippen molar-refractivity contribution in [2.24, 2.45) is 5.92 Å². The molecule has 0 unspecified atom stereocenters. The zero-order valence-electron chi connectivity index (χ0n) is 14.1. The number of piperidine rings is 1. The van der Waals surface area contributed by atoms with Crippen LogP contribution in [0.5, 0.6) is 0 Å². The molecule has 2 rings (SSSR count). The van der Waals surface area contributed by atoms with Gasteiger partial charge in [-0.2, -0.15) is 0 Å². The van der Waals surface area contributed by atoms with Gasteiger partial charge in [-0.15, -0.1) is 0 Å². The van der Waals surface area contributed by atoms with Crippen molar-refractivity contribution in [2.45, 2.75) is 63.9 Å². The molecule has 2 aliphatic rings. The van der Waals surface area contributed by atoms with Crippen molar-refractivity contribution in [1.82, 2.24) is 15.5 Å². The summed E-state index contributed by atoms with van der Waals surface area (Å²) in [5, 5.41) is 16.2. The third kappa shape index (κ3) is 5.76. The zero-order chi connectivity index (χ0) is 15.8. The molecule has 22 heavy (non-hydrogen) atoms. The van der Waals surface area contributed by atoms with E-state index in [0.717, 1.165) is 45.3 Å². The van der Waals surface area contributed by atoms with Gasteiger partial charge in [0.25, 0.3) is 0 Å². The molecule has 2 fully saturated rings. The summed E-state index contributed by atoms with van der Waals surface area (Å²) in [5.41, 5.74) is -0.679. The number of rotatable bonds is 6. The lowest BCUT2D eigenvalue weighted by Crippen LogP contribution is -2.48. The molecule has 5 nitrogen and oxygen atoms in total. The Bertz CT molecular complexity index is 335. The Balaban J connectivity index is 1.58. The average molecular weight is 311 g/mol. The highest BCUT2D eigenvalue weighted by molar-refractivity contribution is 5.73. The van der Waals surface area contributed by atoms with Crippen LogP contribution in [0, 0.1) is 5.92 Å². The van der Waals surface area contributed by atoms with E-state index in [0.29, 0.717) is 12.5 Å². The van der Waals surface area contributed by atoms with E-state index in [1.165, 1.54) is 32.2 Å². The van der Waals surface area contributed by atoms with E-state index < -0.39 is 5.60 Å². The van der Waals surface area contributed by atoms with E-state index in [9.17, 15) is 9.90 Å². The molecule has 1 saturated heterocycles. The lowest BCUT2D eigenvalue weighted by molar-refractivity contribution is 0.00716. The molecule has 3 N–H and O–H groups in total. The Kier molecular flexibility index (Phi) is 6.96. The molecule has 0 spiro atoms. The van der Waals surface area contributed by atoms with Gasteiger partial charge in [0, 0.05) is 13.1 Å². The van der Waals surface area contributed by atoms with Crippen LogP contribution in [0.2, 0.25) is 0 Å². The maximum atomic E-state index is 11.9. The van der Waals surface area contributed by atoms with Crippen LogP contribution >= 0.6 is 0 Å². The minimum atomic E-state index is -0.679. The third-order valence-corrected chi connectivity index (χ3v) is 5.16. The van der Waals surface area contributed by atoms with E-state index in [2.05, 4.69) is 22.5 Å². The molecular weight excluding hydrogens is 278 g/mol.